The minimum atomic E-state index is -0.0689. The molecule has 6 nitrogen and oxygen atoms in total. The molecule has 7 heteroatoms. The molecule has 2 saturated heterocycles. The smallest absolute Gasteiger partial charge is 0.253 e. The molecule has 0 radical (unpaired) electrons. The van der Waals surface area contributed by atoms with Crippen molar-refractivity contribution in [3.8, 4) is 0 Å². The van der Waals surface area contributed by atoms with Crippen molar-refractivity contribution in [1.29, 1.82) is 0 Å². The van der Waals surface area contributed by atoms with Gasteiger partial charge in [-0.25, -0.2) is 0 Å². The highest BCUT2D eigenvalue weighted by atomic mass is 32.1. The van der Waals surface area contributed by atoms with Crippen LogP contribution in [0.25, 0.3) is 10.9 Å². The first-order chi connectivity index (χ1) is 14.1. The Labute approximate surface area is 176 Å². The van der Waals surface area contributed by atoms with E-state index in [1.165, 1.54) is 5.56 Å². The predicted octanol–water partition coefficient (Wildman–Crippen LogP) is 2.87. The zero-order chi connectivity index (χ0) is 20.2. The average molecular weight is 416 g/mol. The van der Waals surface area contributed by atoms with Crippen molar-refractivity contribution < 1.29 is 9.47 Å². The number of hydrogen-bond acceptors (Lipinski definition) is 4. The van der Waals surface area contributed by atoms with E-state index in [1.807, 2.05) is 18.2 Å². The molecule has 0 bridgehead atoms. The van der Waals surface area contributed by atoms with E-state index in [1.54, 1.807) is 0 Å². The van der Waals surface area contributed by atoms with Crippen LogP contribution in [0.4, 0.5) is 0 Å². The number of fused-ring (bicyclic) bond motifs is 1. The summed E-state index contributed by atoms with van der Waals surface area (Å²) in [4.78, 5) is 17.7. The number of rotatable bonds is 6. The second kappa shape index (κ2) is 9.24. The van der Waals surface area contributed by atoms with Gasteiger partial charge in [0.05, 0.1) is 18.8 Å². The fourth-order valence-corrected chi connectivity index (χ4v) is 4.29. The highest BCUT2D eigenvalue weighted by Crippen LogP contribution is 2.17. The number of thiocarbonyl (C=S) groups is 1. The van der Waals surface area contributed by atoms with Crippen molar-refractivity contribution >= 4 is 28.2 Å². The van der Waals surface area contributed by atoms with Gasteiger partial charge < -0.3 is 24.7 Å². The fourth-order valence-electron chi connectivity index (χ4n) is 4.07. The number of H-pyrrole nitrogens is 1. The third kappa shape index (κ3) is 5.15. The Morgan fingerprint density at radius 1 is 1.21 bits per heavy atom. The Bertz CT molecular complexity index is 917. The van der Waals surface area contributed by atoms with Crippen LogP contribution in [0.2, 0.25) is 0 Å². The molecular formula is C22H29N3O3S. The molecule has 0 unspecified atom stereocenters. The Balaban J connectivity index is 1.51. The lowest BCUT2D eigenvalue weighted by Gasteiger charge is -2.28. The van der Waals surface area contributed by atoms with Crippen molar-refractivity contribution in [3.05, 3.63) is 45.7 Å². The lowest BCUT2D eigenvalue weighted by molar-refractivity contribution is 0.0885. The predicted molar refractivity (Wildman–Crippen MR) is 118 cm³/mol. The van der Waals surface area contributed by atoms with Crippen molar-refractivity contribution in [2.24, 2.45) is 0 Å². The maximum atomic E-state index is 12.7. The number of nitrogens with one attached hydrogen (secondary N) is 2. The molecule has 0 aliphatic carbocycles. The number of aryl methyl sites for hydroxylation is 1. The van der Waals surface area contributed by atoms with Crippen molar-refractivity contribution in [2.75, 3.05) is 26.3 Å². The first kappa shape index (κ1) is 20.3. The van der Waals surface area contributed by atoms with Crippen LogP contribution in [0.1, 0.15) is 36.8 Å². The number of nitrogens with zero attached hydrogens (tertiary/aromatic N) is 1. The Morgan fingerprint density at radius 2 is 1.97 bits per heavy atom. The lowest BCUT2D eigenvalue weighted by Crippen LogP contribution is -2.45. The molecule has 2 N–H and O–H groups in total. The van der Waals surface area contributed by atoms with Crippen LogP contribution in [0, 0.1) is 6.92 Å². The summed E-state index contributed by atoms with van der Waals surface area (Å²) in [5, 5.41) is 5.04. The molecular weight excluding hydrogens is 386 g/mol. The average Bonchev–Trinajstić information content (AvgIpc) is 3.40. The van der Waals surface area contributed by atoms with E-state index in [0.29, 0.717) is 30.3 Å². The van der Waals surface area contributed by atoms with Crippen LogP contribution in [-0.4, -0.2) is 53.5 Å². The lowest BCUT2D eigenvalue weighted by atomic mass is 10.1. The number of pyridine rings is 1. The molecule has 29 heavy (non-hydrogen) atoms. The minimum Gasteiger partial charge on any atom is -0.376 e. The van der Waals surface area contributed by atoms with Gasteiger partial charge in [-0.1, -0.05) is 11.6 Å². The Hall–Kier alpha value is -1.96. The number of aromatic amines is 1. The van der Waals surface area contributed by atoms with Gasteiger partial charge in [0.1, 0.15) is 0 Å². The number of ether oxygens (including phenoxy) is 2. The number of benzene rings is 1. The largest absolute Gasteiger partial charge is 0.376 e. The normalized spacial score (nSPS) is 21.6. The van der Waals surface area contributed by atoms with Crippen molar-refractivity contribution in [1.82, 2.24) is 15.2 Å². The first-order valence-corrected chi connectivity index (χ1v) is 10.9. The zero-order valence-corrected chi connectivity index (χ0v) is 17.7. The third-order valence-electron chi connectivity index (χ3n) is 5.68. The SMILES string of the molecule is Cc1ccc2[nH]c(=O)c(CN(C[C@H]3CCCO3)C(=S)NC[C@H]3CCCO3)cc2c1. The molecule has 1 aromatic heterocycles. The van der Waals surface area contributed by atoms with E-state index in [-0.39, 0.29) is 17.8 Å². The molecule has 1 aromatic carbocycles. The number of aromatic nitrogens is 1. The van der Waals surface area contributed by atoms with Gasteiger partial charge >= 0.3 is 0 Å². The summed E-state index contributed by atoms with van der Waals surface area (Å²) in [7, 11) is 0. The van der Waals surface area contributed by atoms with Crippen LogP contribution in [-0.2, 0) is 16.0 Å². The summed E-state index contributed by atoms with van der Waals surface area (Å²) in [6.07, 6.45) is 4.63. The standard InChI is InChI=1S/C22H29N3O3S/c1-15-6-7-20-16(10-15)11-17(21(26)24-20)13-25(14-19-5-3-9-28-19)22(29)23-12-18-4-2-8-27-18/h6-7,10-11,18-19H,2-5,8-9,12-14H2,1H3,(H,23,29)(H,24,26)/t18-,19-/m1/s1. The van der Waals surface area contributed by atoms with E-state index in [4.69, 9.17) is 21.7 Å². The summed E-state index contributed by atoms with van der Waals surface area (Å²) >= 11 is 5.70. The molecule has 2 aliphatic heterocycles. The van der Waals surface area contributed by atoms with Gasteiger partial charge in [0.25, 0.3) is 5.56 Å². The highest BCUT2D eigenvalue weighted by molar-refractivity contribution is 7.80. The molecule has 2 fully saturated rings. The first-order valence-electron chi connectivity index (χ1n) is 10.5. The number of hydrogen-bond donors (Lipinski definition) is 2. The molecule has 0 saturated carbocycles. The fraction of sp³-hybridized carbons (Fsp3) is 0.545. The van der Waals surface area contributed by atoms with E-state index in [2.05, 4.69) is 28.2 Å². The van der Waals surface area contributed by atoms with Gasteiger partial charge in [-0.05, 0) is 68.4 Å². The van der Waals surface area contributed by atoms with Crippen LogP contribution >= 0.6 is 12.2 Å². The van der Waals surface area contributed by atoms with Crippen LogP contribution in [0.3, 0.4) is 0 Å². The molecule has 156 valence electrons. The zero-order valence-electron chi connectivity index (χ0n) is 16.9. The van der Waals surface area contributed by atoms with Gasteiger partial charge in [0.2, 0.25) is 0 Å². The summed E-state index contributed by atoms with van der Waals surface area (Å²) in [5.41, 5.74) is 2.66. The molecule has 0 amide bonds. The minimum absolute atomic E-state index is 0.0689. The van der Waals surface area contributed by atoms with Crippen LogP contribution < -0.4 is 10.9 Å². The summed E-state index contributed by atoms with van der Waals surface area (Å²) in [6, 6.07) is 8.03. The van der Waals surface area contributed by atoms with Crippen LogP contribution in [0.5, 0.6) is 0 Å². The van der Waals surface area contributed by atoms with Crippen LogP contribution in [0.15, 0.2) is 29.1 Å². The third-order valence-corrected chi connectivity index (χ3v) is 6.08. The van der Waals surface area contributed by atoms with Gasteiger partial charge in [-0.3, -0.25) is 4.79 Å². The molecule has 2 aromatic rings. The maximum absolute atomic E-state index is 12.7. The summed E-state index contributed by atoms with van der Waals surface area (Å²) in [6.45, 7) is 5.51. The van der Waals surface area contributed by atoms with Gasteiger partial charge in [-0.15, -0.1) is 0 Å². The van der Waals surface area contributed by atoms with E-state index < -0.39 is 0 Å². The second-order valence-corrected chi connectivity index (χ2v) is 8.44. The second-order valence-electron chi connectivity index (χ2n) is 8.05. The molecule has 2 atom stereocenters. The Kier molecular flexibility index (Phi) is 6.47. The highest BCUT2D eigenvalue weighted by Gasteiger charge is 2.23. The van der Waals surface area contributed by atoms with E-state index in [0.717, 1.165) is 49.8 Å². The molecule has 3 heterocycles. The summed E-state index contributed by atoms with van der Waals surface area (Å²) in [5.74, 6) is 0. The Morgan fingerprint density at radius 3 is 2.69 bits per heavy atom. The molecule has 2 aliphatic rings. The van der Waals surface area contributed by atoms with Gasteiger partial charge in [0.15, 0.2) is 5.11 Å². The van der Waals surface area contributed by atoms with Crippen molar-refractivity contribution in [2.45, 2.75) is 51.4 Å². The maximum Gasteiger partial charge on any atom is 0.253 e. The van der Waals surface area contributed by atoms with Crippen molar-refractivity contribution in [3.63, 3.8) is 0 Å². The van der Waals surface area contributed by atoms with E-state index >= 15 is 0 Å². The van der Waals surface area contributed by atoms with E-state index in [9.17, 15) is 4.79 Å². The van der Waals surface area contributed by atoms with Gasteiger partial charge in [0, 0.05) is 37.4 Å². The molecule has 4 rings (SSSR count). The topological polar surface area (TPSA) is 66.6 Å². The quantitative estimate of drug-likeness (QED) is 0.708. The molecule has 0 spiro atoms. The van der Waals surface area contributed by atoms with Gasteiger partial charge in [-0.2, -0.15) is 0 Å². The monoisotopic (exact) mass is 415 g/mol. The summed E-state index contributed by atoms with van der Waals surface area (Å²) < 4.78 is 11.5.